The van der Waals surface area contributed by atoms with E-state index >= 15 is 0 Å². The summed E-state index contributed by atoms with van der Waals surface area (Å²) in [5, 5.41) is 16.7. The minimum absolute atomic E-state index is 0.0251. The molecule has 0 aliphatic carbocycles. The van der Waals surface area contributed by atoms with E-state index in [4.69, 9.17) is 21.1 Å². The summed E-state index contributed by atoms with van der Waals surface area (Å²) >= 11 is 6.10. The molecule has 0 bridgehead atoms. The standard InChI is InChI=1S/C41H44ClN7O7S/c42-31-3-1-29(2-4-31)26-47-16-12-41(27-47)13-17-48(18-14-41)32-5-7-35(38(22-32)56-33-21-30-9-15-43-39(30)45-25-33)40(50)46-57(53,54)34-6-8-36(37(23-34)49(51)52)44-24-28-10-19-55-20-11-28/h1-9,15,21-23,25,28,44H,10-14,16-20,24,26-27H2,(H,43,45)(H,46,50). The summed E-state index contributed by atoms with van der Waals surface area (Å²) in [6.07, 6.45) is 8.08. The number of aromatic amines is 1. The van der Waals surface area contributed by atoms with E-state index in [-0.39, 0.29) is 28.3 Å². The molecule has 3 aliphatic rings. The summed E-state index contributed by atoms with van der Waals surface area (Å²) in [6, 6.07) is 20.3. The Balaban J connectivity index is 0.993. The fraction of sp³-hybridized carbons (Fsp3) is 0.366. The number of hydrogen-bond acceptors (Lipinski definition) is 11. The first-order chi connectivity index (χ1) is 27.5. The maximum atomic E-state index is 13.8. The molecule has 0 saturated carbocycles. The summed E-state index contributed by atoms with van der Waals surface area (Å²) in [4.78, 5) is 37.1. The van der Waals surface area contributed by atoms with Crippen LogP contribution in [0, 0.1) is 21.4 Å². The van der Waals surface area contributed by atoms with Crippen molar-refractivity contribution in [3.05, 3.63) is 111 Å². The molecule has 57 heavy (non-hydrogen) atoms. The van der Waals surface area contributed by atoms with Crippen molar-refractivity contribution in [3.63, 3.8) is 0 Å². The van der Waals surface area contributed by atoms with E-state index in [0.29, 0.717) is 31.2 Å². The number of fused-ring (bicyclic) bond motifs is 1. The van der Waals surface area contributed by atoms with Gasteiger partial charge in [0.15, 0.2) is 0 Å². The van der Waals surface area contributed by atoms with Crippen LogP contribution in [0.2, 0.25) is 5.02 Å². The number of nitrogens with zero attached hydrogens (tertiary/aromatic N) is 4. The number of H-pyrrole nitrogens is 1. The number of anilines is 2. The van der Waals surface area contributed by atoms with E-state index in [1.807, 2.05) is 18.2 Å². The molecular formula is C41H44ClN7O7S. The number of aromatic nitrogens is 2. The van der Waals surface area contributed by atoms with Gasteiger partial charge in [-0.2, -0.15) is 0 Å². The second-order valence-corrected chi connectivity index (χ2v) is 17.4. The molecule has 5 heterocycles. The van der Waals surface area contributed by atoms with Crippen molar-refractivity contribution in [2.24, 2.45) is 11.3 Å². The summed E-state index contributed by atoms with van der Waals surface area (Å²) in [7, 11) is -4.54. The largest absolute Gasteiger partial charge is 0.455 e. The molecule has 298 valence electrons. The van der Waals surface area contributed by atoms with Crippen LogP contribution in [0.3, 0.4) is 0 Å². The van der Waals surface area contributed by atoms with Crippen LogP contribution in [0.4, 0.5) is 17.1 Å². The van der Waals surface area contributed by atoms with E-state index in [1.54, 1.807) is 30.5 Å². The van der Waals surface area contributed by atoms with Crippen molar-refractivity contribution >= 4 is 55.6 Å². The third-order valence-corrected chi connectivity index (χ3v) is 13.0. The molecule has 1 spiro atoms. The Morgan fingerprint density at radius 1 is 1.02 bits per heavy atom. The minimum Gasteiger partial charge on any atom is -0.455 e. The highest BCUT2D eigenvalue weighted by molar-refractivity contribution is 7.90. The molecule has 8 rings (SSSR count). The fourth-order valence-corrected chi connectivity index (χ4v) is 9.27. The molecule has 0 radical (unpaired) electrons. The van der Waals surface area contributed by atoms with Crippen LogP contribution in [0.1, 0.15) is 48.0 Å². The lowest BCUT2D eigenvalue weighted by Gasteiger charge is -2.40. The van der Waals surface area contributed by atoms with Crippen LogP contribution in [-0.2, 0) is 21.3 Å². The molecular weight excluding hydrogens is 770 g/mol. The first kappa shape index (κ1) is 38.6. The van der Waals surface area contributed by atoms with Crippen LogP contribution in [0.5, 0.6) is 11.5 Å². The second-order valence-electron chi connectivity index (χ2n) is 15.3. The first-order valence-corrected chi connectivity index (χ1v) is 21.0. The lowest BCUT2D eigenvalue weighted by molar-refractivity contribution is -0.384. The number of carbonyl (C=O) groups is 1. The molecule has 3 N–H and O–H groups in total. The van der Waals surface area contributed by atoms with Crippen LogP contribution in [-0.4, -0.2) is 80.1 Å². The molecule has 14 nitrogen and oxygen atoms in total. The number of amides is 1. The Labute approximate surface area is 335 Å². The number of nitro benzene ring substituents is 1. The summed E-state index contributed by atoms with van der Waals surface area (Å²) in [5.74, 6) is -0.160. The number of benzene rings is 3. The Bertz CT molecular complexity index is 2380. The van der Waals surface area contributed by atoms with Gasteiger partial charge in [-0.05, 0) is 104 Å². The van der Waals surface area contributed by atoms with Crippen molar-refractivity contribution in [2.75, 3.05) is 56.2 Å². The van der Waals surface area contributed by atoms with Gasteiger partial charge in [-0.3, -0.25) is 19.8 Å². The van der Waals surface area contributed by atoms with Crippen molar-refractivity contribution in [3.8, 4) is 11.5 Å². The predicted octanol–water partition coefficient (Wildman–Crippen LogP) is 7.37. The molecule has 0 atom stereocenters. The Morgan fingerprint density at radius 3 is 2.56 bits per heavy atom. The first-order valence-electron chi connectivity index (χ1n) is 19.2. The van der Waals surface area contributed by atoms with Gasteiger partial charge >= 0.3 is 0 Å². The number of sulfonamides is 1. The average Bonchev–Trinajstić information content (AvgIpc) is 3.84. The predicted molar refractivity (Wildman–Crippen MR) is 218 cm³/mol. The lowest BCUT2D eigenvalue weighted by atomic mass is 9.77. The number of nitro groups is 1. The Kier molecular flexibility index (Phi) is 11.1. The third kappa shape index (κ3) is 8.86. The van der Waals surface area contributed by atoms with Gasteiger partial charge < -0.3 is 24.7 Å². The highest BCUT2D eigenvalue weighted by Gasteiger charge is 2.40. The van der Waals surface area contributed by atoms with Crippen LogP contribution in [0.25, 0.3) is 11.0 Å². The monoisotopic (exact) mass is 813 g/mol. The number of likely N-dealkylation sites (tertiary alicyclic amines) is 1. The number of ether oxygens (including phenoxy) is 2. The average molecular weight is 814 g/mol. The maximum Gasteiger partial charge on any atom is 0.293 e. The van der Waals surface area contributed by atoms with Gasteiger partial charge in [0.2, 0.25) is 0 Å². The fourth-order valence-electron chi connectivity index (χ4n) is 8.16. The van der Waals surface area contributed by atoms with Crippen molar-refractivity contribution in [2.45, 2.75) is 43.5 Å². The van der Waals surface area contributed by atoms with E-state index in [9.17, 15) is 23.3 Å². The van der Waals surface area contributed by atoms with Crippen LogP contribution in [0.15, 0.2) is 90.1 Å². The zero-order chi connectivity index (χ0) is 39.6. The summed E-state index contributed by atoms with van der Waals surface area (Å²) in [5.41, 5.74) is 2.74. The maximum absolute atomic E-state index is 13.8. The number of rotatable bonds is 12. The van der Waals surface area contributed by atoms with Gasteiger partial charge in [-0.25, -0.2) is 18.1 Å². The summed E-state index contributed by atoms with van der Waals surface area (Å²) < 4.78 is 41.0. The second kappa shape index (κ2) is 16.3. The van der Waals surface area contributed by atoms with Crippen LogP contribution >= 0.6 is 11.6 Å². The number of pyridine rings is 1. The molecule has 5 aromatic rings. The zero-order valence-electron chi connectivity index (χ0n) is 31.3. The molecule has 2 aromatic heterocycles. The number of carbonyl (C=O) groups excluding carboxylic acids is 1. The number of hydrogen-bond donors (Lipinski definition) is 3. The van der Waals surface area contributed by atoms with Crippen molar-refractivity contribution in [1.29, 1.82) is 0 Å². The van der Waals surface area contributed by atoms with E-state index < -0.39 is 31.4 Å². The number of halogens is 1. The molecule has 3 fully saturated rings. The molecule has 1 amide bonds. The van der Waals surface area contributed by atoms with Crippen molar-refractivity contribution < 1.29 is 27.6 Å². The smallest absolute Gasteiger partial charge is 0.293 e. The normalized spacial score (nSPS) is 17.5. The third-order valence-electron chi connectivity index (χ3n) is 11.5. The van der Waals surface area contributed by atoms with E-state index in [0.717, 1.165) is 87.0 Å². The van der Waals surface area contributed by atoms with Gasteiger partial charge in [0.05, 0.1) is 21.6 Å². The van der Waals surface area contributed by atoms with E-state index in [2.05, 4.69) is 41.9 Å². The highest BCUT2D eigenvalue weighted by atomic mass is 35.5. The van der Waals surface area contributed by atoms with Crippen molar-refractivity contribution in [1.82, 2.24) is 19.6 Å². The van der Waals surface area contributed by atoms with Gasteiger partial charge in [0.25, 0.3) is 21.6 Å². The highest BCUT2D eigenvalue weighted by Crippen LogP contribution is 2.43. The quantitative estimate of drug-likeness (QED) is 0.0849. The van der Waals surface area contributed by atoms with Gasteiger partial charge in [-0.1, -0.05) is 23.7 Å². The van der Waals surface area contributed by atoms with Gasteiger partial charge in [0.1, 0.15) is 22.8 Å². The Hall–Kier alpha value is -5.22. The van der Waals surface area contributed by atoms with Crippen LogP contribution < -0.4 is 19.7 Å². The molecule has 0 unspecified atom stereocenters. The topological polar surface area (TPSA) is 172 Å². The molecule has 16 heteroatoms. The number of piperidine rings is 1. The lowest BCUT2D eigenvalue weighted by Crippen LogP contribution is -2.41. The SMILES string of the molecule is O=C(NS(=O)(=O)c1ccc(NCC2CCOCC2)c([N+](=O)[O-])c1)c1ccc(N2CCC3(CCN(Cc4ccc(Cl)cc4)C3)CC2)cc1Oc1cnc2[nH]ccc2c1. The van der Waals surface area contributed by atoms with E-state index in [1.165, 1.54) is 23.9 Å². The zero-order valence-corrected chi connectivity index (χ0v) is 32.9. The van der Waals surface area contributed by atoms with Gasteiger partial charge in [-0.15, -0.1) is 0 Å². The summed E-state index contributed by atoms with van der Waals surface area (Å²) in [6.45, 7) is 6.32. The number of nitrogens with one attached hydrogen (secondary N) is 3. The minimum atomic E-state index is -4.54. The Morgan fingerprint density at radius 2 is 1.79 bits per heavy atom. The van der Waals surface area contributed by atoms with Gasteiger partial charge in [0, 0.05) is 80.4 Å². The molecule has 3 aromatic carbocycles. The molecule has 3 saturated heterocycles. The molecule has 3 aliphatic heterocycles.